The van der Waals surface area contributed by atoms with Crippen LogP contribution < -0.4 is 15.5 Å². The highest BCUT2D eigenvalue weighted by Crippen LogP contribution is 2.43. The first-order chi connectivity index (χ1) is 27.0. The number of piperazine rings is 1. The molecule has 18 heteroatoms. The lowest BCUT2D eigenvalue weighted by molar-refractivity contribution is -0.138. The quantitative estimate of drug-likeness (QED) is 0.169. The minimum absolute atomic E-state index is 0.0340. The lowest BCUT2D eigenvalue weighted by Crippen LogP contribution is -2.58. The molecule has 1 aliphatic carbocycles. The Morgan fingerprint density at radius 2 is 1.77 bits per heavy atom. The molecule has 4 aliphatic rings. The molecule has 5 heterocycles. The summed E-state index contributed by atoms with van der Waals surface area (Å²) in [4.78, 5) is 66.1. The molecule has 1 saturated carbocycles. The predicted octanol–water partition coefficient (Wildman–Crippen LogP) is 4.28. The van der Waals surface area contributed by atoms with Gasteiger partial charge in [-0.15, -0.1) is 12.6 Å². The molecule has 2 N–H and O–H groups in total. The van der Waals surface area contributed by atoms with Gasteiger partial charge in [0.2, 0.25) is 23.6 Å². The number of hydrogen-bond donors (Lipinski definition) is 3. The molecule has 2 aromatic rings. The number of nitriles is 1. The number of pyridine rings is 2. The molecule has 308 valence electrons. The minimum atomic E-state index is -4.80. The van der Waals surface area contributed by atoms with Gasteiger partial charge >= 0.3 is 6.18 Å². The zero-order valence-electron chi connectivity index (χ0n) is 32.6. The zero-order chi connectivity index (χ0) is 41.2. The summed E-state index contributed by atoms with van der Waals surface area (Å²) in [5, 5.41) is 14.4. The standard InChI is InChI=1S/C39H50F3N9O5S/c1-23-20-48(21-24(2)49(23)22-34(53)46-25-6-12-31(44-18-25)29-11-13-33(52)47-35(29)54)14-5-15-56-28-9-7-26(8-10-28)51-37(57)50(36(55)38(51,3)4)27-16-30(39(40,41)42)32(17-43)45-19-27/h6,12,16,18-19,23-24,26,28-29,37,57H,5,7-11,13-15,20-22H2,1-4H3,(H,46,53)(H,47,52,54)/t23-,24+,26-,28-,29?,37?. The first kappa shape index (κ1) is 42.5. The highest BCUT2D eigenvalue weighted by Gasteiger charge is 2.54. The van der Waals surface area contributed by atoms with Crippen LogP contribution in [0.4, 0.5) is 24.5 Å². The molecular weight excluding hydrogens is 764 g/mol. The number of carbonyl (C=O) groups is 4. The Labute approximate surface area is 335 Å². The van der Waals surface area contributed by atoms with E-state index < -0.39 is 34.4 Å². The van der Waals surface area contributed by atoms with Crippen LogP contribution in [0.3, 0.4) is 0 Å². The van der Waals surface area contributed by atoms with Crippen LogP contribution in [0.1, 0.15) is 95.5 Å². The lowest BCUT2D eigenvalue weighted by Gasteiger charge is -2.44. The van der Waals surface area contributed by atoms with Gasteiger partial charge in [0.15, 0.2) is 5.69 Å². The van der Waals surface area contributed by atoms with Gasteiger partial charge in [0.1, 0.15) is 11.6 Å². The maximum absolute atomic E-state index is 13.7. The van der Waals surface area contributed by atoms with Crippen molar-refractivity contribution in [3.8, 4) is 6.07 Å². The van der Waals surface area contributed by atoms with Gasteiger partial charge in [0, 0.05) is 50.8 Å². The van der Waals surface area contributed by atoms with Crippen molar-refractivity contribution < 1.29 is 37.1 Å². The molecule has 2 aromatic heterocycles. The van der Waals surface area contributed by atoms with Crippen molar-refractivity contribution in [3.63, 3.8) is 0 Å². The van der Waals surface area contributed by atoms with Crippen LogP contribution in [0.2, 0.25) is 0 Å². The fourth-order valence-corrected chi connectivity index (χ4v) is 9.44. The van der Waals surface area contributed by atoms with E-state index in [4.69, 9.17) is 22.6 Å². The number of ether oxygens (including phenoxy) is 1. The first-order valence-electron chi connectivity index (χ1n) is 19.4. The van der Waals surface area contributed by atoms with E-state index in [1.54, 1.807) is 26.0 Å². The van der Waals surface area contributed by atoms with Gasteiger partial charge in [-0.25, -0.2) is 4.98 Å². The molecule has 3 saturated heterocycles. The molecule has 4 atom stereocenters. The van der Waals surface area contributed by atoms with Crippen LogP contribution in [0, 0.1) is 11.3 Å². The van der Waals surface area contributed by atoms with E-state index in [1.165, 1.54) is 17.2 Å². The maximum Gasteiger partial charge on any atom is 0.419 e. The van der Waals surface area contributed by atoms with Crippen molar-refractivity contribution in [2.24, 2.45) is 0 Å². The van der Waals surface area contributed by atoms with E-state index in [0.29, 0.717) is 24.4 Å². The number of nitrogens with zero attached hydrogens (tertiary/aromatic N) is 7. The van der Waals surface area contributed by atoms with E-state index in [2.05, 4.69) is 44.2 Å². The number of aromatic nitrogens is 2. The van der Waals surface area contributed by atoms with E-state index >= 15 is 0 Å². The number of rotatable bonds is 11. The Bertz CT molecular complexity index is 1860. The molecule has 4 amide bonds. The van der Waals surface area contributed by atoms with E-state index in [0.717, 1.165) is 64.0 Å². The fraction of sp³-hybridized carbons (Fsp3) is 0.615. The van der Waals surface area contributed by atoms with Crippen LogP contribution in [0.25, 0.3) is 0 Å². The van der Waals surface area contributed by atoms with Gasteiger partial charge < -0.3 is 15.0 Å². The third kappa shape index (κ3) is 9.44. The highest BCUT2D eigenvalue weighted by atomic mass is 32.1. The second-order valence-electron chi connectivity index (χ2n) is 16.0. The summed E-state index contributed by atoms with van der Waals surface area (Å²) in [6, 6.07) is 5.97. The molecule has 14 nitrogen and oxygen atoms in total. The smallest absolute Gasteiger partial charge is 0.378 e. The fourth-order valence-electron chi connectivity index (χ4n) is 8.73. The summed E-state index contributed by atoms with van der Waals surface area (Å²) in [7, 11) is 0. The topological polar surface area (TPSA) is 164 Å². The van der Waals surface area contributed by atoms with Gasteiger partial charge in [-0.3, -0.25) is 44.2 Å². The Balaban J connectivity index is 0.917. The predicted molar refractivity (Wildman–Crippen MR) is 207 cm³/mol. The number of halogens is 3. The van der Waals surface area contributed by atoms with Crippen molar-refractivity contribution in [1.82, 2.24) is 30.0 Å². The monoisotopic (exact) mass is 813 g/mol. The molecule has 57 heavy (non-hydrogen) atoms. The molecular formula is C39H50F3N9O5S. The van der Waals surface area contributed by atoms with Gasteiger partial charge in [-0.2, -0.15) is 18.4 Å². The van der Waals surface area contributed by atoms with E-state index in [1.807, 2.05) is 4.90 Å². The normalized spacial score (nSPS) is 27.6. The number of alkyl halides is 3. The Hall–Kier alpha value is -4.15. The van der Waals surface area contributed by atoms with Crippen molar-refractivity contribution in [2.75, 3.05) is 43.0 Å². The number of anilines is 2. The van der Waals surface area contributed by atoms with Crippen molar-refractivity contribution in [3.05, 3.63) is 47.5 Å². The van der Waals surface area contributed by atoms with E-state index in [9.17, 15) is 32.3 Å². The molecule has 4 fully saturated rings. The van der Waals surface area contributed by atoms with Gasteiger partial charge in [-0.05, 0) is 84.4 Å². The number of piperidine rings is 1. The Morgan fingerprint density at radius 1 is 1.07 bits per heavy atom. The number of amides is 4. The Kier molecular flexibility index (Phi) is 12.9. The van der Waals surface area contributed by atoms with Gasteiger partial charge in [0.05, 0.1) is 59.1 Å². The summed E-state index contributed by atoms with van der Waals surface area (Å²) >= 11 is 4.73. The summed E-state index contributed by atoms with van der Waals surface area (Å²) < 4.78 is 47.4. The highest BCUT2D eigenvalue weighted by molar-refractivity contribution is 7.81. The first-order valence-corrected chi connectivity index (χ1v) is 20.0. The second-order valence-corrected chi connectivity index (χ2v) is 16.5. The average Bonchev–Trinajstić information content (AvgIpc) is 3.33. The van der Waals surface area contributed by atoms with Gasteiger partial charge in [0.25, 0.3) is 0 Å². The summed E-state index contributed by atoms with van der Waals surface area (Å²) in [6.45, 7) is 11.1. The lowest BCUT2D eigenvalue weighted by atomic mass is 9.89. The molecule has 0 aromatic carbocycles. The van der Waals surface area contributed by atoms with Crippen LogP contribution in [-0.4, -0.2) is 116 Å². The van der Waals surface area contributed by atoms with Crippen LogP contribution >= 0.6 is 12.6 Å². The number of hydrogen-bond acceptors (Lipinski definition) is 12. The summed E-state index contributed by atoms with van der Waals surface area (Å²) in [5.41, 5.74) is -2.73. The Morgan fingerprint density at radius 3 is 2.39 bits per heavy atom. The third-order valence-electron chi connectivity index (χ3n) is 11.6. The molecule has 2 unspecified atom stereocenters. The number of thiol groups is 1. The SMILES string of the molecule is C[C@@H]1CN(CCCO[C@H]2CC[C@H](N3C(S)N(c4cnc(C#N)c(C(F)(F)F)c4)C(=O)C3(C)C)CC2)C[C@H](C)N1CC(=O)Nc1ccc(C2CCC(=O)NC2=O)nc1. The van der Waals surface area contributed by atoms with Crippen molar-refractivity contribution in [2.45, 2.75) is 120 Å². The molecule has 3 aliphatic heterocycles. The number of nitrogens with one attached hydrogen (secondary N) is 2. The zero-order valence-corrected chi connectivity index (χ0v) is 33.5. The maximum atomic E-state index is 13.7. The minimum Gasteiger partial charge on any atom is -0.378 e. The third-order valence-corrected chi connectivity index (χ3v) is 12.1. The number of carbonyl (C=O) groups excluding carboxylic acids is 4. The molecule has 0 spiro atoms. The largest absolute Gasteiger partial charge is 0.419 e. The second kappa shape index (κ2) is 17.4. The van der Waals surface area contributed by atoms with E-state index in [-0.39, 0.29) is 66.5 Å². The van der Waals surface area contributed by atoms with Crippen molar-refractivity contribution in [1.29, 1.82) is 5.26 Å². The molecule has 6 rings (SSSR count). The van der Waals surface area contributed by atoms with Crippen LogP contribution in [0.15, 0.2) is 30.6 Å². The molecule has 0 radical (unpaired) electrons. The van der Waals surface area contributed by atoms with Crippen LogP contribution in [-0.2, 0) is 30.1 Å². The summed E-state index contributed by atoms with van der Waals surface area (Å²) in [6.07, 6.45) is 2.46. The summed E-state index contributed by atoms with van der Waals surface area (Å²) in [5.74, 6) is -1.65. The average molecular weight is 814 g/mol. The number of imide groups is 1. The molecule has 0 bridgehead atoms. The van der Waals surface area contributed by atoms with Crippen LogP contribution in [0.5, 0.6) is 0 Å². The van der Waals surface area contributed by atoms with Gasteiger partial charge in [-0.1, -0.05) is 0 Å². The van der Waals surface area contributed by atoms with Crippen molar-refractivity contribution >= 4 is 47.6 Å².